The molecular formula is C52H33NO2. The van der Waals surface area contributed by atoms with Gasteiger partial charge in [0.15, 0.2) is 5.58 Å². The minimum Gasteiger partial charge on any atom is -0.455 e. The van der Waals surface area contributed by atoms with Gasteiger partial charge < -0.3 is 13.7 Å². The maximum atomic E-state index is 6.96. The molecule has 0 N–H and O–H groups in total. The first-order valence-corrected chi connectivity index (χ1v) is 18.7. The van der Waals surface area contributed by atoms with Gasteiger partial charge in [-0.05, 0) is 69.4 Å². The minimum absolute atomic E-state index is 0.829. The standard InChI is InChI=1S/C52H33NO2/c1-3-13-36(14-4-1)42-18-9-20-45-44-31-30-41(33-49(44)54-50(42)45)53(40-28-26-35(27-29-40)39-25-24-34-12-7-8-17-38(34)32-39)48-23-11-22-47-46-21-10-19-43(51(46)55-52(47)48)37-15-5-2-6-16-37/h1-33H. The second kappa shape index (κ2) is 12.6. The third-order valence-corrected chi connectivity index (χ3v) is 10.9. The molecule has 0 aliphatic rings. The Balaban J connectivity index is 1.11. The van der Waals surface area contributed by atoms with Crippen molar-refractivity contribution in [2.24, 2.45) is 0 Å². The Labute approximate surface area is 317 Å². The van der Waals surface area contributed by atoms with Crippen molar-refractivity contribution in [2.75, 3.05) is 4.90 Å². The predicted octanol–water partition coefficient (Wildman–Crippen LogP) is 15.1. The van der Waals surface area contributed by atoms with E-state index < -0.39 is 0 Å². The molecule has 0 saturated carbocycles. The number of hydrogen-bond donors (Lipinski definition) is 0. The first kappa shape index (κ1) is 31.2. The zero-order valence-corrected chi connectivity index (χ0v) is 29.8. The van der Waals surface area contributed by atoms with E-state index in [1.54, 1.807) is 0 Å². The van der Waals surface area contributed by atoms with E-state index in [0.717, 1.165) is 88.8 Å². The molecule has 9 aromatic carbocycles. The van der Waals surface area contributed by atoms with Gasteiger partial charge in [-0.2, -0.15) is 0 Å². The number of anilines is 3. The highest BCUT2D eigenvalue weighted by atomic mass is 16.3. The first-order chi connectivity index (χ1) is 27.3. The Morgan fingerprint density at radius 3 is 1.58 bits per heavy atom. The highest BCUT2D eigenvalue weighted by Crippen LogP contribution is 2.46. The molecule has 2 aromatic heterocycles. The second-order valence-corrected chi connectivity index (χ2v) is 14.1. The Hall–Kier alpha value is -7.36. The molecule has 11 rings (SSSR count). The SMILES string of the molecule is c1ccc(-c2cccc3c2oc2cc(N(c4ccc(-c5ccc6ccccc6c5)cc4)c4cccc5c4oc4c(-c6ccccc6)cccc45)ccc23)cc1. The zero-order chi connectivity index (χ0) is 36.3. The molecular weight excluding hydrogens is 671 g/mol. The van der Waals surface area contributed by atoms with Crippen LogP contribution in [0.2, 0.25) is 0 Å². The Morgan fingerprint density at radius 2 is 0.873 bits per heavy atom. The molecule has 3 nitrogen and oxygen atoms in total. The van der Waals surface area contributed by atoms with Gasteiger partial charge >= 0.3 is 0 Å². The van der Waals surface area contributed by atoms with Crippen LogP contribution >= 0.6 is 0 Å². The van der Waals surface area contributed by atoms with Crippen molar-refractivity contribution in [3.05, 3.63) is 200 Å². The predicted molar refractivity (Wildman–Crippen MR) is 229 cm³/mol. The topological polar surface area (TPSA) is 29.5 Å². The number of nitrogens with zero attached hydrogens (tertiary/aromatic N) is 1. The van der Waals surface area contributed by atoms with Crippen LogP contribution in [0, 0.1) is 0 Å². The summed E-state index contributed by atoms with van der Waals surface area (Å²) in [6, 6.07) is 70.7. The van der Waals surface area contributed by atoms with E-state index >= 15 is 0 Å². The van der Waals surface area contributed by atoms with Crippen molar-refractivity contribution >= 4 is 71.7 Å². The largest absolute Gasteiger partial charge is 0.455 e. The molecule has 0 amide bonds. The third kappa shape index (κ3) is 5.20. The molecule has 0 radical (unpaired) electrons. The van der Waals surface area contributed by atoms with E-state index in [4.69, 9.17) is 8.83 Å². The van der Waals surface area contributed by atoms with Crippen molar-refractivity contribution in [1.29, 1.82) is 0 Å². The number of benzene rings is 9. The van der Waals surface area contributed by atoms with Crippen LogP contribution in [-0.2, 0) is 0 Å². The van der Waals surface area contributed by atoms with Crippen LogP contribution in [0.1, 0.15) is 0 Å². The molecule has 0 aliphatic heterocycles. The summed E-state index contributed by atoms with van der Waals surface area (Å²) in [4.78, 5) is 2.29. The quantitative estimate of drug-likeness (QED) is 0.173. The first-order valence-electron chi connectivity index (χ1n) is 18.7. The fourth-order valence-electron chi connectivity index (χ4n) is 8.20. The summed E-state index contributed by atoms with van der Waals surface area (Å²) in [7, 11) is 0. The summed E-state index contributed by atoms with van der Waals surface area (Å²) in [5.74, 6) is 0. The Morgan fingerprint density at radius 1 is 0.309 bits per heavy atom. The van der Waals surface area contributed by atoms with Crippen molar-refractivity contribution in [2.45, 2.75) is 0 Å². The molecule has 0 atom stereocenters. The lowest BCUT2D eigenvalue weighted by atomic mass is 10.0. The Bertz CT molecular complexity index is 3190. The van der Waals surface area contributed by atoms with Crippen LogP contribution in [-0.4, -0.2) is 0 Å². The lowest BCUT2D eigenvalue weighted by molar-refractivity contribution is 0.668. The van der Waals surface area contributed by atoms with E-state index in [2.05, 4.69) is 193 Å². The van der Waals surface area contributed by atoms with Crippen molar-refractivity contribution in [1.82, 2.24) is 0 Å². The fraction of sp³-hybridized carbons (Fsp3) is 0. The van der Waals surface area contributed by atoms with Crippen LogP contribution in [0.3, 0.4) is 0 Å². The molecule has 0 spiro atoms. The molecule has 0 bridgehead atoms. The zero-order valence-electron chi connectivity index (χ0n) is 29.8. The molecule has 0 fully saturated rings. The average molecular weight is 704 g/mol. The molecule has 0 unspecified atom stereocenters. The van der Waals surface area contributed by atoms with E-state index in [1.807, 2.05) is 12.1 Å². The summed E-state index contributed by atoms with van der Waals surface area (Å²) in [6.07, 6.45) is 0. The van der Waals surface area contributed by atoms with Gasteiger partial charge in [-0.3, -0.25) is 0 Å². The number of rotatable bonds is 6. The van der Waals surface area contributed by atoms with Gasteiger partial charge in [-0.25, -0.2) is 0 Å². The lowest BCUT2D eigenvalue weighted by Crippen LogP contribution is -2.10. The Kier molecular flexibility index (Phi) is 7.17. The van der Waals surface area contributed by atoms with Gasteiger partial charge in [0.05, 0.1) is 11.4 Å². The molecule has 2 heterocycles. The highest BCUT2D eigenvalue weighted by Gasteiger charge is 2.22. The molecule has 3 heteroatoms. The number of fused-ring (bicyclic) bond motifs is 7. The van der Waals surface area contributed by atoms with Crippen LogP contribution in [0.25, 0.3) is 88.0 Å². The maximum Gasteiger partial charge on any atom is 0.159 e. The van der Waals surface area contributed by atoms with Gasteiger partial charge in [0, 0.05) is 44.4 Å². The highest BCUT2D eigenvalue weighted by molar-refractivity contribution is 6.14. The normalized spacial score (nSPS) is 11.6. The van der Waals surface area contributed by atoms with E-state index in [0.29, 0.717) is 0 Å². The van der Waals surface area contributed by atoms with Crippen molar-refractivity contribution < 1.29 is 8.83 Å². The maximum absolute atomic E-state index is 6.96. The second-order valence-electron chi connectivity index (χ2n) is 14.1. The van der Waals surface area contributed by atoms with Gasteiger partial charge in [-0.1, -0.05) is 158 Å². The van der Waals surface area contributed by atoms with E-state index in [1.165, 1.54) is 16.3 Å². The monoisotopic (exact) mass is 703 g/mol. The van der Waals surface area contributed by atoms with Gasteiger partial charge in [0.1, 0.15) is 16.7 Å². The van der Waals surface area contributed by atoms with Gasteiger partial charge in [-0.15, -0.1) is 0 Å². The van der Waals surface area contributed by atoms with Crippen molar-refractivity contribution in [3.63, 3.8) is 0 Å². The van der Waals surface area contributed by atoms with Crippen molar-refractivity contribution in [3.8, 4) is 33.4 Å². The fourth-order valence-corrected chi connectivity index (χ4v) is 8.20. The molecule has 0 aliphatic carbocycles. The molecule has 0 saturated heterocycles. The average Bonchev–Trinajstić information content (AvgIpc) is 3.83. The number of furan rings is 2. The summed E-state index contributed by atoms with van der Waals surface area (Å²) in [5.41, 5.74) is 13.1. The van der Waals surface area contributed by atoms with E-state index in [-0.39, 0.29) is 0 Å². The van der Waals surface area contributed by atoms with Crippen LogP contribution in [0.15, 0.2) is 209 Å². The molecule has 55 heavy (non-hydrogen) atoms. The summed E-state index contributed by atoms with van der Waals surface area (Å²) in [6.45, 7) is 0. The van der Waals surface area contributed by atoms with Gasteiger partial charge in [0.2, 0.25) is 0 Å². The smallest absolute Gasteiger partial charge is 0.159 e. The van der Waals surface area contributed by atoms with Crippen LogP contribution in [0.5, 0.6) is 0 Å². The summed E-state index contributed by atoms with van der Waals surface area (Å²) in [5, 5.41) is 6.80. The van der Waals surface area contributed by atoms with E-state index in [9.17, 15) is 0 Å². The van der Waals surface area contributed by atoms with Crippen LogP contribution in [0.4, 0.5) is 17.1 Å². The summed E-state index contributed by atoms with van der Waals surface area (Å²) >= 11 is 0. The van der Waals surface area contributed by atoms with Crippen LogP contribution < -0.4 is 4.90 Å². The molecule has 258 valence electrons. The lowest BCUT2D eigenvalue weighted by Gasteiger charge is -2.25. The van der Waals surface area contributed by atoms with Gasteiger partial charge in [0.25, 0.3) is 0 Å². The third-order valence-electron chi connectivity index (χ3n) is 10.9. The number of hydrogen-bond acceptors (Lipinski definition) is 3. The minimum atomic E-state index is 0.829. The summed E-state index contributed by atoms with van der Waals surface area (Å²) < 4.78 is 13.7. The molecule has 11 aromatic rings. The number of para-hydroxylation sites is 3.